The molecule has 26 heavy (non-hydrogen) atoms. The van der Waals surface area contributed by atoms with E-state index in [1.807, 2.05) is 13.0 Å². The van der Waals surface area contributed by atoms with Gasteiger partial charge in [-0.25, -0.2) is 0 Å². The van der Waals surface area contributed by atoms with Crippen molar-refractivity contribution in [2.45, 2.75) is 25.8 Å². The van der Waals surface area contributed by atoms with Crippen molar-refractivity contribution in [2.24, 2.45) is 11.8 Å². The van der Waals surface area contributed by atoms with Crippen LogP contribution in [0.3, 0.4) is 0 Å². The van der Waals surface area contributed by atoms with Crippen molar-refractivity contribution >= 4 is 23.2 Å². The second-order valence-electron chi connectivity index (χ2n) is 7.19. The van der Waals surface area contributed by atoms with Gasteiger partial charge in [-0.3, -0.25) is 9.69 Å². The third-order valence-corrected chi connectivity index (χ3v) is 6.03. The number of fused-ring (bicyclic) bond motifs is 5. The average Bonchev–Trinajstić information content (AvgIpc) is 3.07. The number of carbonyl (C=O) groups is 2. The average molecular weight is 352 g/mol. The fourth-order valence-corrected chi connectivity index (χ4v) is 4.70. The first kappa shape index (κ1) is 17.0. The maximum absolute atomic E-state index is 12.1. The number of allylic oxidation sites excluding steroid dienone is 1. The second kappa shape index (κ2) is 6.72. The van der Waals surface area contributed by atoms with Gasteiger partial charge in [-0.1, -0.05) is 29.8 Å². The highest BCUT2D eigenvalue weighted by atomic mass is 16.5. The van der Waals surface area contributed by atoms with Gasteiger partial charge in [0, 0.05) is 35.6 Å². The summed E-state index contributed by atoms with van der Waals surface area (Å²) in [5.41, 5.74) is 4.94. The highest BCUT2D eigenvalue weighted by Crippen LogP contribution is 2.44. The van der Waals surface area contributed by atoms with E-state index in [1.165, 1.54) is 23.8 Å². The summed E-state index contributed by atoms with van der Waals surface area (Å²) in [6.45, 7) is 3.77. The van der Waals surface area contributed by atoms with Gasteiger partial charge in [0.1, 0.15) is 12.2 Å². The molecule has 0 bridgehead atoms. The minimum atomic E-state index is -0.733. The fourth-order valence-electron chi connectivity index (χ4n) is 4.70. The number of aromatic amines is 1. The summed E-state index contributed by atoms with van der Waals surface area (Å²) in [6.07, 6.45) is 4.58. The Morgan fingerprint density at radius 3 is 2.92 bits per heavy atom. The minimum absolute atomic E-state index is 0.108. The third kappa shape index (κ3) is 2.58. The van der Waals surface area contributed by atoms with E-state index in [1.54, 1.807) is 0 Å². The molecule has 0 aliphatic carbocycles. The summed E-state index contributed by atoms with van der Waals surface area (Å²) >= 11 is 0. The largest absolute Gasteiger partial charge is 0.468 e. The second-order valence-corrected chi connectivity index (χ2v) is 7.19. The standard InChI is InChI=1S/C21H24N2O3/c1-3-13-11-23-9-8-15-14-6-4-5-7-18(14)22-20(15)19(23)10-16(13)17(12-24)21(25)26-2/h3-7,12,16-17,19,22H,8-11H2,1-2H3/b13-3-/t16-,17?,19-/m0/s1. The molecule has 136 valence electrons. The van der Waals surface area contributed by atoms with Crippen LogP contribution in [-0.2, 0) is 20.7 Å². The molecule has 2 aliphatic rings. The van der Waals surface area contributed by atoms with Crippen LogP contribution in [0.5, 0.6) is 0 Å². The van der Waals surface area contributed by atoms with Gasteiger partial charge in [0.25, 0.3) is 0 Å². The van der Waals surface area contributed by atoms with Gasteiger partial charge in [-0.2, -0.15) is 0 Å². The first-order chi connectivity index (χ1) is 12.7. The number of esters is 1. The first-order valence-electron chi connectivity index (χ1n) is 9.19. The van der Waals surface area contributed by atoms with Gasteiger partial charge in [0.2, 0.25) is 0 Å². The SMILES string of the molecule is C/C=C1/CN2CCc3c([nH]c4ccccc34)[C@@H]2C[C@@H]1C(C=O)C(=O)OC. The van der Waals surface area contributed by atoms with Crippen LogP contribution in [0, 0.1) is 11.8 Å². The predicted octanol–water partition coefficient (Wildman–Crippen LogP) is 3.02. The van der Waals surface area contributed by atoms with Crippen LogP contribution in [-0.4, -0.2) is 42.3 Å². The molecule has 1 aromatic carbocycles. The van der Waals surface area contributed by atoms with Crippen molar-refractivity contribution in [1.29, 1.82) is 0 Å². The molecule has 3 atom stereocenters. The first-order valence-corrected chi connectivity index (χ1v) is 9.19. The zero-order chi connectivity index (χ0) is 18.3. The molecule has 0 amide bonds. The number of nitrogens with one attached hydrogen (secondary N) is 1. The number of piperidine rings is 1. The smallest absolute Gasteiger partial charge is 0.316 e. The van der Waals surface area contributed by atoms with E-state index in [0.29, 0.717) is 0 Å². The maximum Gasteiger partial charge on any atom is 0.316 e. The number of benzene rings is 1. The quantitative estimate of drug-likeness (QED) is 0.399. The number of aldehydes is 1. The Kier molecular flexibility index (Phi) is 4.41. The Morgan fingerprint density at radius 2 is 2.19 bits per heavy atom. The summed E-state index contributed by atoms with van der Waals surface area (Å²) < 4.78 is 4.88. The lowest BCUT2D eigenvalue weighted by atomic mass is 9.75. The number of para-hydroxylation sites is 1. The van der Waals surface area contributed by atoms with Gasteiger partial charge in [0.15, 0.2) is 0 Å². The number of hydrogen-bond donors (Lipinski definition) is 1. The van der Waals surface area contributed by atoms with Gasteiger partial charge in [-0.15, -0.1) is 0 Å². The topological polar surface area (TPSA) is 62.4 Å². The van der Waals surface area contributed by atoms with E-state index in [2.05, 4.69) is 34.2 Å². The number of ether oxygens (including phenoxy) is 1. The monoisotopic (exact) mass is 352 g/mol. The number of hydrogen-bond acceptors (Lipinski definition) is 4. The molecule has 1 saturated heterocycles. The van der Waals surface area contributed by atoms with Crippen LogP contribution in [0.25, 0.3) is 10.9 Å². The lowest BCUT2D eigenvalue weighted by Gasteiger charge is -2.44. The number of carbonyl (C=O) groups excluding carboxylic acids is 2. The number of nitrogens with zero attached hydrogens (tertiary/aromatic N) is 1. The van der Waals surface area contributed by atoms with Crippen molar-refractivity contribution < 1.29 is 14.3 Å². The predicted molar refractivity (Wildman–Crippen MR) is 99.8 cm³/mol. The molecule has 3 heterocycles. The molecule has 1 unspecified atom stereocenters. The Labute approximate surface area is 153 Å². The van der Waals surface area contributed by atoms with Gasteiger partial charge in [-0.05, 0) is 31.4 Å². The number of aromatic nitrogens is 1. The summed E-state index contributed by atoms with van der Waals surface area (Å²) in [6, 6.07) is 8.60. The fraction of sp³-hybridized carbons (Fsp3) is 0.429. The van der Waals surface area contributed by atoms with Crippen LogP contribution in [0.2, 0.25) is 0 Å². The minimum Gasteiger partial charge on any atom is -0.468 e. The Hall–Kier alpha value is -2.40. The van der Waals surface area contributed by atoms with Crippen molar-refractivity contribution in [1.82, 2.24) is 9.88 Å². The molecule has 5 nitrogen and oxygen atoms in total. The summed E-state index contributed by atoms with van der Waals surface area (Å²) in [5.74, 6) is -1.28. The van der Waals surface area contributed by atoms with Crippen molar-refractivity contribution in [3.05, 3.63) is 47.2 Å². The molecular weight excluding hydrogens is 328 g/mol. The molecule has 0 radical (unpaired) electrons. The molecule has 1 N–H and O–H groups in total. The van der Waals surface area contributed by atoms with Gasteiger partial charge >= 0.3 is 5.97 Å². The Bertz CT molecular complexity index is 883. The molecule has 0 saturated carbocycles. The van der Waals surface area contributed by atoms with Gasteiger partial charge in [0.05, 0.1) is 13.2 Å². The number of rotatable bonds is 3. The molecule has 2 aromatic rings. The Balaban J connectivity index is 1.74. The molecular formula is C21H24N2O3. The Morgan fingerprint density at radius 1 is 1.38 bits per heavy atom. The molecule has 1 fully saturated rings. The zero-order valence-electron chi connectivity index (χ0n) is 15.2. The highest BCUT2D eigenvalue weighted by Gasteiger charge is 2.42. The molecule has 2 aliphatic heterocycles. The lowest BCUT2D eigenvalue weighted by Crippen LogP contribution is -2.45. The van der Waals surface area contributed by atoms with Crippen LogP contribution >= 0.6 is 0 Å². The van der Waals surface area contributed by atoms with E-state index in [4.69, 9.17) is 4.74 Å². The normalized spacial score (nSPS) is 25.5. The molecule has 5 heteroatoms. The third-order valence-electron chi connectivity index (χ3n) is 6.03. The number of H-pyrrole nitrogens is 1. The van der Waals surface area contributed by atoms with Crippen LogP contribution in [0.1, 0.15) is 30.6 Å². The van der Waals surface area contributed by atoms with E-state index in [0.717, 1.165) is 43.3 Å². The van der Waals surface area contributed by atoms with E-state index in [-0.39, 0.29) is 12.0 Å². The molecule has 1 aromatic heterocycles. The van der Waals surface area contributed by atoms with Crippen molar-refractivity contribution in [2.75, 3.05) is 20.2 Å². The van der Waals surface area contributed by atoms with E-state index >= 15 is 0 Å². The van der Waals surface area contributed by atoms with E-state index < -0.39 is 11.9 Å². The zero-order valence-corrected chi connectivity index (χ0v) is 15.2. The van der Waals surface area contributed by atoms with Crippen molar-refractivity contribution in [3.8, 4) is 0 Å². The lowest BCUT2D eigenvalue weighted by molar-refractivity contribution is -0.149. The van der Waals surface area contributed by atoms with Crippen molar-refractivity contribution in [3.63, 3.8) is 0 Å². The van der Waals surface area contributed by atoms with Crippen LogP contribution < -0.4 is 0 Å². The summed E-state index contributed by atoms with van der Waals surface area (Å²) in [4.78, 5) is 29.9. The number of methoxy groups -OCH3 is 1. The van der Waals surface area contributed by atoms with E-state index in [9.17, 15) is 9.59 Å². The van der Waals surface area contributed by atoms with Crippen LogP contribution in [0.15, 0.2) is 35.9 Å². The highest BCUT2D eigenvalue weighted by molar-refractivity contribution is 5.89. The molecule has 4 rings (SSSR count). The molecule has 0 spiro atoms. The van der Waals surface area contributed by atoms with Crippen LogP contribution in [0.4, 0.5) is 0 Å². The maximum atomic E-state index is 12.1. The summed E-state index contributed by atoms with van der Waals surface area (Å²) in [7, 11) is 1.35. The summed E-state index contributed by atoms with van der Waals surface area (Å²) in [5, 5.41) is 1.29. The van der Waals surface area contributed by atoms with Gasteiger partial charge < -0.3 is 14.5 Å².